The molecule has 160 valence electrons. The van der Waals surface area contributed by atoms with E-state index in [-0.39, 0.29) is 6.42 Å². The molecule has 5 heteroatoms. The van der Waals surface area contributed by atoms with Crippen molar-refractivity contribution in [1.29, 1.82) is 0 Å². The average Bonchev–Trinajstić information content (AvgIpc) is 2.66. The number of carboxylic acids is 1. The number of unbranched alkanes of at least 4 members (excludes halogenated alkanes) is 11. The summed E-state index contributed by atoms with van der Waals surface area (Å²) in [4.78, 5) is 10.2. The number of quaternary nitrogens is 1. The van der Waals surface area contributed by atoms with Crippen LogP contribution in [-0.4, -0.2) is 37.3 Å². The summed E-state index contributed by atoms with van der Waals surface area (Å²) >= 11 is 0. The number of rotatable bonds is 15. The maximum atomic E-state index is 10.2. The van der Waals surface area contributed by atoms with E-state index in [9.17, 15) is 9.90 Å². The van der Waals surface area contributed by atoms with Gasteiger partial charge in [0.1, 0.15) is 0 Å². The molecule has 0 saturated carbocycles. The lowest BCUT2D eigenvalue weighted by atomic mass is 10.1. The third kappa shape index (κ3) is 23.1. The lowest BCUT2D eigenvalue weighted by Gasteiger charge is -2.17. The molecule has 0 amide bonds. The van der Waals surface area contributed by atoms with Crippen LogP contribution in [-0.2, 0) is 9.53 Å². The second kappa shape index (κ2) is 21.4. The first-order valence-electron chi connectivity index (χ1n) is 11.1. The summed E-state index contributed by atoms with van der Waals surface area (Å²) < 4.78 is 5.06. The molecule has 3 N–H and O–H groups in total. The van der Waals surface area contributed by atoms with Gasteiger partial charge in [-0.15, -0.1) is 0 Å². The van der Waals surface area contributed by atoms with Crippen LogP contribution in [0.2, 0.25) is 0 Å². The maximum absolute atomic E-state index is 10.2. The van der Waals surface area contributed by atoms with Crippen molar-refractivity contribution in [2.45, 2.75) is 96.8 Å². The molecule has 0 aliphatic carbocycles. The number of allylic oxidation sites excluding steroid dienone is 2. The predicted molar refractivity (Wildman–Crippen MR) is 110 cm³/mol. The van der Waals surface area contributed by atoms with Crippen molar-refractivity contribution in [3.63, 3.8) is 0 Å². The van der Waals surface area contributed by atoms with Gasteiger partial charge >= 0.3 is 0 Å². The van der Waals surface area contributed by atoms with Crippen LogP contribution in [0.25, 0.3) is 0 Å². The van der Waals surface area contributed by atoms with Crippen molar-refractivity contribution in [2.24, 2.45) is 0 Å². The fourth-order valence-electron chi connectivity index (χ4n) is 2.94. The Kier molecular flexibility index (Phi) is 20.7. The second-order valence-corrected chi connectivity index (χ2v) is 7.44. The molecule has 1 aliphatic heterocycles. The number of nitrogens with zero attached hydrogens (tertiary/aromatic N) is 1. The van der Waals surface area contributed by atoms with E-state index in [1.54, 1.807) is 0 Å². The summed E-state index contributed by atoms with van der Waals surface area (Å²) in [5, 5.41) is 12.2. The van der Waals surface area contributed by atoms with E-state index < -0.39 is 5.97 Å². The van der Waals surface area contributed by atoms with E-state index in [0.717, 1.165) is 45.6 Å². The Morgan fingerprint density at radius 2 is 1.37 bits per heavy atom. The van der Waals surface area contributed by atoms with Crippen LogP contribution in [0.4, 0.5) is 0 Å². The fourth-order valence-corrected chi connectivity index (χ4v) is 2.94. The third-order valence-electron chi connectivity index (χ3n) is 4.75. The Morgan fingerprint density at radius 3 is 1.81 bits per heavy atom. The van der Waals surface area contributed by atoms with Crippen molar-refractivity contribution >= 4 is 5.97 Å². The van der Waals surface area contributed by atoms with Gasteiger partial charge in [0.25, 0.3) is 0 Å². The van der Waals surface area contributed by atoms with Crippen molar-refractivity contribution in [2.75, 3.05) is 26.3 Å². The molecule has 1 rings (SSSR count). The van der Waals surface area contributed by atoms with E-state index in [1.807, 2.05) is 5.01 Å². The van der Waals surface area contributed by atoms with Gasteiger partial charge in [-0.3, -0.25) is 5.84 Å². The van der Waals surface area contributed by atoms with Gasteiger partial charge in [-0.1, -0.05) is 70.4 Å². The van der Waals surface area contributed by atoms with Crippen molar-refractivity contribution in [1.82, 2.24) is 5.01 Å². The Bertz CT molecular complexity index is 342. The molecular formula is C22H44N2O3. The van der Waals surface area contributed by atoms with Gasteiger partial charge in [-0.2, -0.15) is 5.01 Å². The number of hydrogen-bond donors (Lipinski definition) is 1. The average molecular weight is 385 g/mol. The summed E-state index contributed by atoms with van der Waals surface area (Å²) in [5.41, 5.74) is 0. The Labute approximate surface area is 167 Å². The minimum Gasteiger partial charge on any atom is -0.550 e. The van der Waals surface area contributed by atoms with Crippen LogP contribution < -0.4 is 10.9 Å². The first kappa shape index (κ1) is 26.1. The number of ether oxygens (including phenoxy) is 1. The van der Waals surface area contributed by atoms with Gasteiger partial charge < -0.3 is 14.6 Å². The van der Waals surface area contributed by atoms with Gasteiger partial charge in [0.15, 0.2) is 0 Å². The molecule has 0 aromatic heterocycles. The summed E-state index contributed by atoms with van der Waals surface area (Å²) in [5.74, 6) is 2.84. The number of carbonyl (C=O) groups excluding carboxylic acids is 1. The van der Waals surface area contributed by atoms with Gasteiger partial charge in [0.2, 0.25) is 0 Å². The highest BCUT2D eigenvalue weighted by Crippen LogP contribution is 2.09. The number of hydrogen-bond acceptors (Lipinski definition) is 4. The molecule has 0 aromatic rings. The summed E-state index contributed by atoms with van der Waals surface area (Å²) in [6.45, 7) is 5.93. The molecule has 1 saturated heterocycles. The molecule has 1 fully saturated rings. The molecular weight excluding hydrogens is 340 g/mol. The highest BCUT2D eigenvalue weighted by Gasteiger charge is 2.06. The van der Waals surface area contributed by atoms with Crippen LogP contribution in [0, 0.1) is 0 Å². The molecule has 0 aromatic carbocycles. The summed E-state index contributed by atoms with van der Waals surface area (Å²) in [7, 11) is 0. The highest BCUT2D eigenvalue weighted by atomic mass is 16.5. The first-order valence-corrected chi connectivity index (χ1v) is 11.1. The SMILES string of the molecule is CCCCCCCC/C=C\CCCCCCCC(=O)[O-].[NH3+]N1CCOCC1. The Balaban J connectivity index is 0.000000797. The summed E-state index contributed by atoms with van der Waals surface area (Å²) in [6.07, 6.45) is 20.9. The van der Waals surface area contributed by atoms with Gasteiger partial charge in [0.05, 0.1) is 26.3 Å². The van der Waals surface area contributed by atoms with Crippen molar-refractivity contribution < 1.29 is 20.5 Å². The van der Waals surface area contributed by atoms with Gasteiger partial charge in [-0.05, 0) is 38.5 Å². The standard InChI is InChI=1S/C18H34O2.C4H10N2O/c1-2-3-4-5-6-7-8-9-10-11-12-13-14-15-16-17-18(19)20;5-6-1-3-7-4-2-6/h9-10H,2-8,11-17H2,1H3,(H,19,20);1-5H2/b10-9-;. The molecule has 0 bridgehead atoms. The van der Waals surface area contributed by atoms with Crippen molar-refractivity contribution in [3.8, 4) is 0 Å². The molecule has 1 heterocycles. The molecule has 0 radical (unpaired) electrons. The van der Waals surface area contributed by atoms with E-state index in [2.05, 4.69) is 24.9 Å². The van der Waals surface area contributed by atoms with Gasteiger partial charge in [0, 0.05) is 5.97 Å². The summed E-state index contributed by atoms with van der Waals surface area (Å²) in [6, 6.07) is 0. The van der Waals surface area contributed by atoms with E-state index >= 15 is 0 Å². The molecule has 0 spiro atoms. The van der Waals surface area contributed by atoms with Crippen LogP contribution in [0.3, 0.4) is 0 Å². The van der Waals surface area contributed by atoms with Crippen molar-refractivity contribution in [3.05, 3.63) is 12.2 Å². The zero-order valence-corrected chi connectivity index (χ0v) is 17.8. The maximum Gasteiger partial charge on any atom is 0.0708 e. The van der Waals surface area contributed by atoms with Crippen LogP contribution in [0.5, 0.6) is 0 Å². The monoisotopic (exact) mass is 384 g/mol. The normalized spacial score (nSPS) is 14.9. The molecule has 0 unspecified atom stereocenters. The quantitative estimate of drug-likeness (QED) is 0.347. The van der Waals surface area contributed by atoms with Crippen LogP contribution in [0.1, 0.15) is 96.8 Å². The number of morpholine rings is 1. The number of aliphatic carboxylic acids is 1. The molecule has 1 aliphatic rings. The largest absolute Gasteiger partial charge is 0.550 e. The predicted octanol–water partition coefficient (Wildman–Crippen LogP) is 3.25. The lowest BCUT2D eigenvalue weighted by molar-refractivity contribution is -0.580. The van der Waals surface area contributed by atoms with E-state index in [1.165, 1.54) is 64.2 Å². The highest BCUT2D eigenvalue weighted by molar-refractivity contribution is 5.63. The Hall–Kier alpha value is -0.910. The smallest absolute Gasteiger partial charge is 0.0708 e. The lowest BCUT2D eigenvalue weighted by Crippen LogP contribution is -2.70. The number of carbonyl (C=O) groups is 1. The Morgan fingerprint density at radius 1 is 0.889 bits per heavy atom. The van der Waals surface area contributed by atoms with Crippen LogP contribution >= 0.6 is 0 Å². The molecule has 5 nitrogen and oxygen atoms in total. The molecule has 27 heavy (non-hydrogen) atoms. The third-order valence-corrected chi connectivity index (χ3v) is 4.75. The van der Waals surface area contributed by atoms with E-state index in [0.29, 0.717) is 0 Å². The topological polar surface area (TPSA) is 80.2 Å². The number of carboxylic acid groups (broad SMARTS) is 1. The zero-order valence-electron chi connectivity index (χ0n) is 17.8. The van der Waals surface area contributed by atoms with Gasteiger partial charge in [-0.25, -0.2) is 0 Å². The van der Waals surface area contributed by atoms with Crippen LogP contribution in [0.15, 0.2) is 12.2 Å². The fraction of sp³-hybridized carbons (Fsp3) is 0.864. The minimum atomic E-state index is -0.914. The zero-order chi connectivity index (χ0) is 20.0. The first-order chi connectivity index (χ1) is 13.2. The minimum absolute atomic E-state index is 0.220. The van der Waals surface area contributed by atoms with E-state index in [4.69, 9.17) is 4.74 Å². The second-order valence-electron chi connectivity index (χ2n) is 7.44. The molecule has 0 atom stereocenters.